The normalized spacial score (nSPS) is 10.3. The molecule has 2 heterocycles. The Bertz CT molecular complexity index is 512. The van der Waals surface area contributed by atoms with E-state index < -0.39 is 0 Å². The molecule has 0 aliphatic carbocycles. The second-order valence-electron chi connectivity index (χ2n) is 2.83. The zero-order chi connectivity index (χ0) is 10.8. The number of pyridine rings is 1. The summed E-state index contributed by atoms with van der Waals surface area (Å²) in [7, 11) is 0. The Morgan fingerprint density at radius 2 is 2.27 bits per heavy atom. The van der Waals surface area contributed by atoms with Crippen molar-refractivity contribution < 1.29 is 4.79 Å². The van der Waals surface area contributed by atoms with Crippen LogP contribution in [0.15, 0.2) is 33.6 Å². The second-order valence-corrected chi connectivity index (χ2v) is 4.81. The van der Waals surface area contributed by atoms with Gasteiger partial charge < -0.3 is 0 Å². The largest absolute Gasteiger partial charge is 0.289 e. The highest BCUT2D eigenvalue weighted by Gasteiger charge is 2.13. The van der Waals surface area contributed by atoms with Crippen molar-refractivity contribution in [3.63, 3.8) is 0 Å². The van der Waals surface area contributed by atoms with Crippen LogP contribution >= 0.6 is 38.9 Å². The van der Waals surface area contributed by atoms with Crippen molar-refractivity contribution in [2.45, 2.75) is 0 Å². The van der Waals surface area contributed by atoms with E-state index in [1.54, 1.807) is 17.5 Å². The lowest BCUT2D eigenvalue weighted by Gasteiger charge is -1.99. The van der Waals surface area contributed by atoms with E-state index in [1.165, 1.54) is 17.5 Å². The molecular formula is C10H5BrClNOS. The Hall–Kier alpha value is -0.710. The molecule has 2 aromatic heterocycles. The smallest absolute Gasteiger partial charge is 0.195 e. The summed E-state index contributed by atoms with van der Waals surface area (Å²) >= 11 is 10.5. The number of hydrogen-bond acceptors (Lipinski definition) is 3. The maximum absolute atomic E-state index is 12.0. The van der Waals surface area contributed by atoms with Gasteiger partial charge in [-0.05, 0) is 28.1 Å². The third kappa shape index (κ3) is 2.27. The molecule has 0 unspecified atom stereocenters. The molecule has 0 N–H and O–H groups in total. The molecule has 0 saturated heterocycles. The lowest BCUT2D eigenvalue weighted by Crippen LogP contribution is -2.00. The van der Waals surface area contributed by atoms with Gasteiger partial charge in [-0.1, -0.05) is 11.6 Å². The molecule has 2 rings (SSSR count). The quantitative estimate of drug-likeness (QED) is 0.624. The second kappa shape index (κ2) is 4.43. The molecule has 2 nitrogen and oxygen atoms in total. The highest BCUT2D eigenvalue weighted by molar-refractivity contribution is 9.10. The average molecular weight is 303 g/mol. The van der Waals surface area contributed by atoms with E-state index in [4.69, 9.17) is 11.6 Å². The number of nitrogens with zero attached hydrogens (tertiary/aromatic N) is 1. The molecule has 0 saturated carbocycles. The predicted molar refractivity (Wildman–Crippen MR) is 64.7 cm³/mol. The first kappa shape index (κ1) is 10.8. The Balaban J connectivity index is 2.41. The van der Waals surface area contributed by atoms with E-state index >= 15 is 0 Å². The molecule has 0 aliphatic rings. The Morgan fingerprint density at radius 3 is 2.87 bits per heavy atom. The van der Waals surface area contributed by atoms with Crippen LogP contribution in [0.5, 0.6) is 0 Å². The van der Waals surface area contributed by atoms with Crippen LogP contribution in [-0.4, -0.2) is 10.8 Å². The maximum Gasteiger partial charge on any atom is 0.195 e. The fraction of sp³-hybridized carbons (Fsp3) is 0. The standard InChI is InChI=1S/C10H5BrClNOS/c11-8-5-15-4-7(8)10(14)6-1-2-13-9(12)3-6/h1-5H. The van der Waals surface area contributed by atoms with Crippen molar-refractivity contribution in [1.29, 1.82) is 0 Å². The van der Waals surface area contributed by atoms with Crippen LogP contribution < -0.4 is 0 Å². The summed E-state index contributed by atoms with van der Waals surface area (Å²) in [4.78, 5) is 15.8. The van der Waals surface area contributed by atoms with Gasteiger partial charge in [-0.15, -0.1) is 0 Å². The molecule has 0 spiro atoms. The molecule has 0 bridgehead atoms. The number of carbonyl (C=O) groups is 1. The lowest BCUT2D eigenvalue weighted by molar-refractivity contribution is 0.103. The Labute approximate surface area is 104 Å². The van der Waals surface area contributed by atoms with Crippen molar-refractivity contribution >= 4 is 44.7 Å². The molecule has 0 amide bonds. The monoisotopic (exact) mass is 301 g/mol. The molecule has 0 aliphatic heterocycles. The van der Waals surface area contributed by atoms with Gasteiger partial charge in [0.2, 0.25) is 0 Å². The maximum atomic E-state index is 12.0. The van der Waals surface area contributed by atoms with Crippen LogP contribution in [0.1, 0.15) is 15.9 Å². The first-order valence-corrected chi connectivity index (χ1v) is 6.18. The third-order valence-corrected chi connectivity index (χ3v) is 3.76. The van der Waals surface area contributed by atoms with E-state index in [1.807, 2.05) is 5.38 Å². The third-order valence-electron chi connectivity index (χ3n) is 1.85. The van der Waals surface area contributed by atoms with Gasteiger partial charge in [0.1, 0.15) is 5.15 Å². The summed E-state index contributed by atoms with van der Waals surface area (Å²) in [6.07, 6.45) is 1.52. The van der Waals surface area contributed by atoms with Crippen molar-refractivity contribution in [3.05, 3.63) is 49.8 Å². The van der Waals surface area contributed by atoms with Crippen molar-refractivity contribution in [2.75, 3.05) is 0 Å². The summed E-state index contributed by atoms with van der Waals surface area (Å²) in [5, 5.41) is 4.00. The Kier molecular flexibility index (Phi) is 3.19. The Morgan fingerprint density at radius 1 is 1.47 bits per heavy atom. The lowest BCUT2D eigenvalue weighted by atomic mass is 10.1. The first-order chi connectivity index (χ1) is 7.18. The molecule has 0 fully saturated rings. The van der Waals surface area contributed by atoms with Gasteiger partial charge in [-0.2, -0.15) is 11.3 Å². The molecule has 15 heavy (non-hydrogen) atoms. The zero-order valence-corrected chi connectivity index (χ0v) is 10.6. The molecule has 0 aromatic carbocycles. The molecular weight excluding hydrogens is 298 g/mol. The number of aromatic nitrogens is 1. The fourth-order valence-electron chi connectivity index (χ4n) is 1.14. The van der Waals surface area contributed by atoms with Crippen LogP contribution in [0.4, 0.5) is 0 Å². The topological polar surface area (TPSA) is 30.0 Å². The summed E-state index contributed by atoms with van der Waals surface area (Å²) in [6.45, 7) is 0. The van der Waals surface area contributed by atoms with E-state index in [9.17, 15) is 4.79 Å². The average Bonchev–Trinajstić information content (AvgIpc) is 2.63. The molecule has 5 heteroatoms. The molecule has 0 radical (unpaired) electrons. The van der Waals surface area contributed by atoms with Gasteiger partial charge in [0.25, 0.3) is 0 Å². The highest BCUT2D eigenvalue weighted by Crippen LogP contribution is 2.24. The van der Waals surface area contributed by atoms with Crippen LogP contribution in [0, 0.1) is 0 Å². The van der Waals surface area contributed by atoms with E-state index in [-0.39, 0.29) is 5.78 Å². The van der Waals surface area contributed by atoms with Gasteiger partial charge in [-0.3, -0.25) is 4.79 Å². The van der Waals surface area contributed by atoms with E-state index in [0.29, 0.717) is 16.3 Å². The summed E-state index contributed by atoms with van der Waals surface area (Å²) in [5.74, 6) is -0.0487. The number of rotatable bonds is 2. The summed E-state index contributed by atoms with van der Waals surface area (Å²) < 4.78 is 0.811. The van der Waals surface area contributed by atoms with Crippen LogP contribution in [0.3, 0.4) is 0 Å². The van der Waals surface area contributed by atoms with Crippen molar-refractivity contribution in [1.82, 2.24) is 4.98 Å². The van der Waals surface area contributed by atoms with Crippen molar-refractivity contribution in [2.24, 2.45) is 0 Å². The summed E-state index contributed by atoms with van der Waals surface area (Å²) in [5.41, 5.74) is 1.20. The van der Waals surface area contributed by atoms with E-state index in [2.05, 4.69) is 20.9 Å². The minimum absolute atomic E-state index is 0.0487. The highest BCUT2D eigenvalue weighted by atomic mass is 79.9. The number of hydrogen-bond donors (Lipinski definition) is 0. The zero-order valence-electron chi connectivity index (χ0n) is 7.41. The van der Waals surface area contributed by atoms with Crippen LogP contribution in [-0.2, 0) is 0 Å². The number of thiophene rings is 1. The van der Waals surface area contributed by atoms with Crippen LogP contribution in [0.2, 0.25) is 5.15 Å². The van der Waals surface area contributed by atoms with Gasteiger partial charge in [0.05, 0.1) is 0 Å². The fourth-order valence-corrected chi connectivity index (χ4v) is 2.77. The molecule has 2 aromatic rings. The van der Waals surface area contributed by atoms with Gasteiger partial charge in [-0.25, -0.2) is 4.98 Å². The van der Waals surface area contributed by atoms with Gasteiger partial charge >= 0.3 is 0 Å². The molecule has 76 valence electrons. The van der Waals surface area contributed by atoms with Gasteiger partial charge in [0, 0.05) is 32.6 Å². The first-order valence-electron chi connectivity index (χ1n) is 4.06. The molecule has 0 atom stereocenters. The van der Waals surface area contributed by atoms with E-state index in [0.717, 1.165) is 4.47 Å². The van der Waals surface area contributed by atoms with Gasteiger partial charge in [0.15, 0.2) is 5.78 Å². The number of ketones is 1. The number of halogens is 2. The minimum Gasteiger partial charge on any atom is -0.289 e. The number of carbonyl (C=O) groups excluding carboxylic acids is 1. The summed E-state index contributed by atoms with van der Waals surface area (Å²) in [6, 6.07) is 3.21. The predicted octanol–water partition coefficient (Wildman–Crippen LogP) is 3.79. The minimum atomic E-state index is -0.0487. The SMILES string of the molecule is O=C(c1ccnc(Cl)c1)c1cscc1Br. The van der Waals surface area contributed by atoms with Crippen molar-refractivity contribution in [3.8, 4) is 0 Å². The van der Waals surface area contributed by atoms with Crippen LogP contribution in [0.25, 0.3) is 0 Å².